The minimum absolute atomic E-state index is 0.143. The summed E-state index contributed by atoms with van der Waals surface area (Å²) in [7, 11) is 0. The van der Waals surface area contributed by atoms with Crippen LogP contribution < -0.4 is 21.3 Å². The lowest BCUT2D eigenvalue weighted by Gasteiger charge is -2.29. The van der Waals surface area contributed by atoms with Crippen molar-refractivity contribution in [2.75, 3.05) is 13.1 Å². The molecule has 1 saturated heterocycles. The molecule has 0 aromatic heterocycles. The first kappa shape index (κ1) is 15.9. The molecule has 1 rings (SSSR count). The monoisotopic (exact) mass is 270 g/mol. The number of nitrogens with one attached hydrogen (secondary N) is 4. The normalized spacial score (nSPS) is 25.5. The van der Waals surface area contributed by atoms with Gasteiger partial charge >= 0.3 is 0 Å². The maximum atomic E-state index is 12.0. The number of carbonyl (C=O) groups excluding carboxylic acids is 2. The second-order valence-corrected chi connectivity index (χ2v) is 6.24. The van der Waals surface area contributed by atoms with Gasteiger partial charge < -0.3 is 21.3 Å². The Bertz CT molecular complexity index is 330. The van der Waals surface area contributed by atoms with E-state index < -0.39 is 6.04 Å². The summed E-state index contributed by atoms with van der Waals surface area (Å²) >= 11 is 0. The molecular weight excluding hydrogens is 244 g/mol. The summed E-state index contributed by atoms with van der Waals surface area (Å²) in [5, 5.41) is 12.0. The van der Waals surface area contributed by atoms with E-state index in [-0.39, 0.29) is 23.4 Å². The fourth-order valence-electron chi connectivity index (χ4n) is 1.83. The third kappa shape index (κ3) is 5.57. The summed E-state index contributed by atoms with van der Waals surface area (Å²) in [4.78, 5) is 23.9. The van der Waals surface area contributed by atoms with Crippen molar-refractivity contribution in [1.29, 1.82) is 0 Å². The van der Waals surface area contributed by atoms with Crippen LogP contribution in [-0.2, 0) is 9.59 Å². The maximum absolute atomic E-state index is 12.0. The van der Waals surface area contributed by atoms with Gasteiger partial charge in [-0.1, -0.05) is 0 Å². The van der Waals surface area contributed by atoms with Gasteiger partial charge in [0.1, 0.15) is 6.04 Å². The molecule has 110 valence electrons. The van der Waals surface area contributed by atoms with Crippen LogP contribution in [-0.4, -0.2) is 48.6 Å². The van der Waals surface area contributed by atoms with Crippen LogP contribution in [0.5, 0.6) is 0 Å². The van der Waals surface area contributed by atoms with Crippen molar-refractivity contribution in [3.8, 4) is 0 Å². The Balaban J connectivity index is 2.41. The maximum Gasteiger partial charge on any atom is 0.242 e. The lowest BCUT2D eigenvalue weighted by molar-refractivity contribution is -0.130. The van der Waals surface area contributed by atoms with Crippen LogP contribution in [0.15, 0.2) is 0 Å². The van der Waals surface area contributed by atoms with Gasteiger partial charge in [0.25, 0.3) is 0 Å². The molecule has 0 aliphatic carbocycles. The Hall–Kier alpha value is -1.14. The van der Waals surface area contributed by atoms with Gasteiger partial charge in [-0.05, 0) is 34.6 Å². The lowest BCUT2D eigenvalue weighted by Crippen LogP contribution is -2.61. The molecule has 0 aromatic carbocycles. The highest BCUT2D eigenvalue weighted by molar-refractivity contribution is 5.89. The second-order valence-electron chi connectivity index (χ2n) is 6.24. The highest BCUT2D eigenvalue weighted by atomic mass is 16.2. The Labute approximate surface area is 115 Å². The van der Waals surface area contributed by atoms with E-state index in [0.29, 0.717) is 12.6 Å². The molecule has 1 aliphatic rings. The third-order valence-corrected chi connectivity index (χ3v) is 2.91. The summed E-state index contributed by atoms with van der Waals surface area (Å²) in [5.74, 6) is -0.311. The van der Waals surface area contributed by atoms with Crippen molar-refractivity contribution in [3.05, 3.63) is 0 Å². The summed E-state index contributed by atoms with van der Waals surface area (Å²) < 4.78 is 0. The van der Waals surface area contributed by atoms with E-state index in [9.17, 15) is 9.59 Å². The van der Waals surface area contributed by atoms with Gasteiger partial charge in [0.2, 0.25) is 11.8 Å². The molecule has 1 heterocycles. The third-order valence-electron chi connectivity index (χ3n) is 2.91. The Morgan fingerprint density at radius 2 is 1.84 bits per heavy atom. The standard InChI is InChI=1S/C13H26N4O2/c1-8-6-15-10(7-14-8)12(19)16-9(2)11(18)17-13(3,4)5/h8-10,14-15H,6-7H2,1-5H3,(H,16,19)(H,17,18). The van der Waals surface area contributed by atoms with Gasteiger partial charge in [0, 0.05) is 24.7 Å². The van der Waals surface area contributed by atoms with Crippen molar-refractivity contribution >= 4 is 11.8 Å². The van der Waals surface area contributed by atoms with Crippen molar-refractivity contribution in [3.63, 3.8) is 0 Å². The van der Waals surface area contributed by atoms with Crippen LogP contribution >= 0.6 is 0 Å². The van der Waals surface area contributed by atoms with E-state index in [1.807, 2.05) is 20.8 Å². The van der Waals surface area contributed by atoms with Crippen LogP contribution in [0.25, 0.3) is 0 Å². The van der Waals surface area contributed by atoms with Crippen LogP contribution in [0, 0.1) is 0 Å². The molecule has 0 spiro atoms. The number of rotatable bonds is 3. The molecule has 3 unspecified atom stereocenters. The molecule has 1 fully saturated rings. The van der Waals surface area contributed by atoms with E-state index in [4.69, 9.17) is 0 Å². The zero-order chi connectivity index (χ0) is 14.6. The van der Waals surface area contributed by atoms with E-state index in [2.05, 4.69) is 28.2 Å². The predicted molar refractivity (Wildman–Crippen MR) is 74.8 cm³/mol. The average Bonchev–Trinajstić information content (AvgIpc) is 2.27. The second kappa shape index (κ2) is 6.34. The molecule has 6 heteroatoms. The molecule has 0 aromatic rings. The predicted octanol–water partition coefficient (Wildman–Crippen LogP) is -0.644. The van der Waals surface area contributed by atoms with Gasteiger partial charge in [0.15, 0.2) is 0 Å². The van der Waals surface area contributed by atoms with Crippen molar-refractivity contribution < 1.29 is 9.59 Å². The average molecular weight is 270 g/mol. The van der Waals surface area contributed by atoms with E-state index >= 15 is 0 Å². The van der Waals surface area contributed by atoms with E-state index in [1.54, 1.807) is 6.92 Å². The zero-order valence-corrected chi connectivity index (χ0v) is 12.5. The number of carbonyl (C=O) groups is 2. The van der Waals surface area contributed by atoms with Crippen LogP contribution in [0.1, 0.15) is 34.6 Å². The van der Waals surface area contributed by atoms with E-state index in [1.165, 1.54) is 0 Å². The summed E-state index contributed by atoms with van der Waals surface area (Å²) in [6, 6.07) is -0.445. The molecule has 6 nitrogen and oxygen atoms in total. The topological polar surface area (TPSA) is 82.3 Å². The van der Waals surface area contributed by atoms with Crippen molar-refractivity contribution in [2.24, 2.45) is 0 Å². The number of amides is 2. The summed E-state index contributed by atoms with van der Waals surface area (Å²) in [5.41, 5.74) is -0.295. The van der Waals surface area contributed by atoms with Gasteiger partial charge in [0.05, 0.1) is 6.04 Å². The molecular formula is C13H26N4O2. The van der Waals surface area contributed by atoms with Crippen LogP contribution in [0.2, 0.25) is 0 Å². The number of hydrogen-bond donors (Lipinski definition) is 4. The highest BCUT2D eigenvalue weighted by Gasteiger charge is 2.26. The Kier molecular flexibility index (Phi) is 5.31. The smallest absolute Gasteiger partial charge is 0.242 e. The minimum atomic E-state index is -0.534. The van der Waals surface area contributed by atoms with Gasteiger partial charge in [-0.3, -0.25) is 9.59 Å². The SMILES string of the molecule is CC1CNC(C(=O)NC(C)C(=O)NC(C)(C)C)CN1. The fourth-order valence-corrected chi connectivity index (χ4v) is 1.83. The fraction of sp³-hybridized carbons (Fsp3) is 0.846. The largest absolute Gasteiger partial charge is 0.350 e. The first-order valence-corrected chi connectivity index (χ1v) is 6.78. The minimum Gasteiger partial charge on any atom is -0.350 e. The molecule has 19 heavy (non-hydrogen) atoms. The number of hydrogen-bond acceptors (Lipinski definition) is 4. The Morgan fingerprint density at radius 3 is 2.32 bits per heavy atom. The highest BCUT2D eigenvalue weighted by Crippen LogP contribution is 2.00. The van der Waals surface area contributed by atoms with Gasteiger partial charge in [-0.25, -0.2) is 0 Å². The molecule has 0 bridgehead atoms. The summed E-state index contributed by atoms with van der Waals surface area (Å²) in [6.45, 7) is 10.8. The molecule has 3 atom stereocenters. The summed E-state index contributed by atoms with van der Waals surface area (Å²) in [6.07, 6.45) is 0. The van der Waals surface area contributed by atoms with Gasteiger partial charge in [-0.2, -0.15) is 0 Å². The first-order chi connectivity index (χ1) is 8.69. The molecule has 1 aliphatic heterocycles. The molecule has 2 amide bonds. The first-order valence-electron chi connectivity index (χ1n) is 6.78. The zero-order valence-electron chi connectivity index (χ0n) is 12.5. The lowest BCUT2D eigenvalue weighted by atomic mass is 10.1. The molecule has 4 N–H and O–H groups in total. The van der Waals surface area contributed by atoms with Crippen molar-refractivity contribution in [1.82, 2.24) is 21.3 Å². The van der Waals surface area contributed by atoms with E-state index in [0.717, 1.165) is 6.54 Å². The van der Waals surface area contributed by atoms with Crippen LogP contribution in [0.4, 0.5) is 0 Å². The molecule has 0 saturated carbocycles. The Morgan fingerprint density at radius 1 is 1.21 bits per heavy atom. The van der Waals surface area contributed by atoms with Crippen molar-refractivity contribution in [2.45, 2.75) is 58.3 Å². The molecule has 0 radical (unpaired) electrons. The van der Waals surface area contributed by atoms with Crippen LogP contribution in [0.3, 0.4) is 0 Å². The quantitative estimate of drug-likeness (QED) is 0.549. The van der Waals surface area contributed by atoms with Gasteiger partial charge in [-0.15, -0.1) is 0 Å². The number of piperazine rings is 1.